The van der Waals surface area contributed by atoms with Gasteiger partial charge < -0.3 is 14.8 Å². The molecule has 2 aromatic carbocycles. The number of nitrogens with one attached hydrogen (secondary N) is 2. The molecule has 1 aromatic heterocycles. The normalized spacial score (nSPS) is 19.4. The first-order valence-electron chi connectivity index (χ1n) is 9.28. The molecule has 0 saturated carbocycles. The van der Waals surface area contributed by atoms with Crippen LogP contribution in [0.5, 0.6) is 5.75 Å². The summed E-state index contributed by atoms with van der Waals surface area (Å²) in [6.07, 6.45) is -0.293. The molecule has 0 spiro atoms. The van der Waals surface area contributed by atoms with Gasteiger partial charge in [0.15, 0.2) is 5.82 Å². The maximum absolute atomic E-state index is 14.5. The van der Waals surface area contributed by atoms with Crippen LogP contribution in [0.4, 0.5) is 4.39 Å². The highest BCUT2D eigenvalue weighted by atomic mass is 35.5. The Bertz CT molecular complexity index is 1090. The number of hydrogen-bond donors (Lipinski definition) is 2. The molecule has 1 aliphatic heterocycles. The number of ether oxygens (including phenoxy) is 2. The van der Waals surface area contributed by atoms with Gasteiger partial charge in [-0.25, -0.2) is 9.18 Å². The number of aromatic nitrogens is 2. The summed E-state index contributed by atoms with van der Waals surface area (Å²) in [6, 6.07) is 9.75. The van der Waals surface area contributed by atoms with Crippen LogP contribution in [-0.2, 0) is 4.74 Å². The molecule has 0 amide bonds. The topological polar surface area (TPSA) is 89.4 Å². The number of hydrogen-bond acceptors (Lipinski definition) is 6. The summed E-state index contributed by atoms with van der Waals surface area (Å²) in [5, 5.41) is 7.78. The van der Waals surface area contributed by atoms with E-state index in [1.165, 1.54) is 12.1 Å². The second-order valence-electron chi connectivity index (χ2n) is 6.80. The van der Waals surface area contributed by atoms with Gasteiger partial charge in [-0.1, -0.05) is 40.5 Å². The molecule has 3 aromatic rings. The SMILES string of the molecule is O=c1[nH]c(-c2c(F)cccc2OC[C@@H]2CNCCO[C@H]2c2ccc(Cl)c(Cl)c2)no1. The van der Waals surface area contributed by atoms with E-state index >= 15 is 0 Å². The van der Waals surface area contributed by atoms with Crippen LogP contribution in [0, 0.1) is 11.7 Å². The van der Waals surface area contributed by atoms with E-state index < -0.39 is 11.6 Å². The van der Waals surface area contributed by atoms with E-state index in [-0.39, 0.29) is 35.8 Å². The Kier molecular flexibility index (Phi) is 6.38. The summed E-state index contributed by atoms with van der Waals surface area (Å²) in [7, 11) is 0. The molecule has 2 heterocycles. The summed E-state index contributed by atoms with van der Waals surface area (Å²) >= 11 is 12.2. The highest BCUT2D eigenvalue weighted by Crippen LogP contribution is 2.34. The van der Waals surface area contributed by atoms with Crippen LogP contribution in [0.15, 0.2) is 45.7 Å². The minimum Gasteiger partial charge on any atom is -0.492 e. The Balaban J connectivity index is 1.59. The Morgan fingerprint density at radius 3 is 2.87 bits per heavy atom. The third-order valence-corrected chi connectivity index (χ3v) is 5.53. The zero-order valence-electron chi connectivity index (χ0n) is 15.7. The molecule has 0 bridgehead atoms. The molecule has 0 unspecified atom stereocenters. The van der Waals surface area contributed by atoms with E-state index in [0.29, 0.717) is 29.7 Å². The molecule has 1 fully saturated rings. The molecule has 1 aliphatic rings. The van der Waals surface area contributed by atoms with Gasteiger partial charge in [0, 0.05) is 19.0 Å². The molecule has 30 heavy (non-hydrogen) atoms. The lowest BCUT2D eigenvalue weighted by Gasteiger charge is -2.26. The third-order valence-electron chi connectivity index (χ3n) is 4.79. The van der Waals surface area contributed by atoms with Crippen LogP contribution < -0.4 is 15.8 Å². The van der Waals surface area contributed by atoms with Gasteiger partial charge in [0.2, 0.25) is 0 Å². The Morgan fingerprint density at radius 1 is 1.23 bits per heavy atom. The summed E-state index contributed by atoms with van der Waals surface area (Å²) in [5.41, 5.74) is 0.902. The highest BCUT2D eigenvalue weighted by Gasteiger charge is 2.28. The summed E-state index contributed by atoms with van der Waals surface area (Å²) in [5.74, 6) is -1.27. The number of halogens is 3. The first-order chi connectivity index (χ1) is 14.5. The van der Waals surface area contributed by atoms with Crippen molar-refractivity contribution in [1.29, 1.82) is 0 Å². The second kappa shape index (κ2) is 9.18. The molecule has 7 nitrogen and oxygen atoms in total. The number of rotatable bonds is 5. The first kappa shape index (κ1) is 20.9. The number of benzene rings is 2. The molecule has 2 atom stereocenters. The molecule has 4 rings (SSSR count). The maximum Gasteiger partial charge on any atom is 0.439 e. The van der Waals surface area contributed by atoms with Crippen molar-refractivity contribution in [2.24, 2.45) is 5.92 Å². The Labute approximate surface area is 181 Å². The zero-order chi connectivity index (χ0) is 21.1. The summed E-state index contributed by atoms with van der Waals surface area (Å²) < 4.78 is 30.9. The van der Waals surface area contributed by atoms with E-state index in [9.17, 15) is 9.18 Å². The molecular weight excluding hydrogens is 436 g/mol. The molecule has 2 N–H and O–H groups in total. The van der Waals surface area contributed by atoms with Crippen LogP contribution in [0.3, 0.4) is 0 Å². The van der Waals surface area contributed by atoms with Gasteiger partial charge in [0.1, 0.15) is 11.6 Å². The number of H-pyrrole nitrogens is 1. The fourth-order valence-electron chi connectivity index (χ4n) is 3.38. The van der Waals surface area contributed by atoms with Crippen molar-refractivity contribution in [3.8, 4) is 17.1 Å². The van der Waals surface area contributed by atoms with Gasteiger partial charge in [-0.3, -0.25) is 9.51 Å². The predicted molar refractivity (Wildman–Crippen MR) is 110 cm³/mol. The van der Waals surface area contributed by atoms with Gasteiger partial charge in [-0.05, 0) is 29.8 Å². The van der Waals surface area contributed by atoms with Crippen molar-refractivity contribution in [2.45, 2.75) is 6.10 Å². The van der Waals surface area contributed by atoms with Crippen molar-refractivity contribution < 1.29 is 18.4 Å². The van der Waals surface area contributed by atoms with Crippen molar-refractivity contribution in [3.63, 3.8) is 0 Å². The summed E-state index contributed by atoms with van der Waals surface area (Å²) in [4.78, 5) is 13.6. The third kappa shape index (κ3) is 4.52. The fourth-order valence-corrected chi connectivity index (χ4v) is 3.69. The predicted octanol–water partition coefficient (Wildman–Crippen LogP) is 3.83. The smallest absolute Gasteiger partial charge is 0.439 e. The van der Waals surface area contributed by atoms with Gasteiger partial charge in [-0.2, -0.15) is 0 Å². The van der Waals surface area contributed by atoms with E-state index in [1.54, 1.807) is 18.2 Å². The Hall–Kier alpha value is -2.39. The minimum atomic E-state index is -0.778. The lowest BCUT2D eigenvalue weighted by molar-refractivity contribution is 0.0154. The van der Waals surface area contributed by atoms with Crippen molar-refractivity contribution in [1.82, 2.24) is 15.5 Å². The van der Waals surface area contributed by atoms with Crippen LogP contribution >= 0.6 is 23.2 Å². The maximum atomic E-state index is 14.5. The molecule has 158 valence electrons. The van der Waals surface area contributed by atoms with E-state index in [1.807, 2.05) is 6.07 Å². The van der Waals surface area contributed by atoms with Crippen LogP contribution in [0.1, 0.15) is 11.7 Å². The standard InChI is InChI=1S/C20H18Cl2FN3O4/c21-13-5-4-11(8-14(13)22)18-12(9-24-6-7-28-18)10-29-16-3-1-2-15(23)17(16)19-25-20(27)30-26-19/h1-5,8,12,18,24H,6-7,9-10H2,(H,25,26,27)/t12-,18-/m0/s1. The van der Waals surface area contributed by atoms with Gasteiger partial charge in [0.05, 0.1) is 34.9 Å². The summed E-state index contributed by atoms with van der Waals surface area (Å²) in [6.45, 7) is 2.05. The largest absolute Gasteiger partial charge is 0.492 e. The zero-order valence-corrected chi connectivity index (χ0v) is 17.2. The minimum absolute atomic E-state index is 0.0249. The van der Waals surface area contributed by atoms with Crippen LogP contribution in [0.25, 0.3) is 11.4 Å². The van der Waals surface area contributed by atoms with Gasteiger partial charge >= 0.3 is 5.76 Å². The lowest BCUT2D eigenvalue weighted by atomic mass is 9.96. The van der Waals surface area contributed by atoms with Gasteiger partial charge in [-0.15, -0.1) is 0 Å². The van der Waals surface area contributed by atoms with Crippen molar-refractivity contribution in [2.75, 3.05) is 26.3 Å². The van der Waals surface area contributed by atoms with E-state index in [0.717, 1.165) is 5.56 Å². The van der Waals surface area contributed by atoms with E-state index in [2.05, 4.69) is 20.0 Å². The number of aromatic amines is 1. The number of nitrogens with zero attached hydrogens (tertiary/aromatic N) is 1. The quantitative estimate of drug-likeness (QED) is 0.609. The molecule has 10 heteroatoms. The monoisotopic (exact) mass is 453 g/mol. The second-order valence-corrected chi connectivity index (χ2v) is 7.61. The van der Waals surface area contributed by atoms with E-state index in [4.69, 9.17) is 32.7 Å². The fraction of sp³-hybridized carbons (Fsp3) is 0.300. The van der Waals surface area contributed by atoms with Crippen LogP contribution in [0.2, 0.25) is 10.0 Å². The molecule has 0 radical (unpaired) electrons. The first-order valence-corrected chi connectivity index (χ1v) is 10.0. The molecular formula is C20H18Cl2FN3O4. The van der Waals surface area contributed by atoms with Crippen LogP contribution in [-0.4, -0.2) is 36.4 Å². The Morgan fingerprint density at radius 2 is 2.10 bits per heavy atom. The molecule has 1 saturated heterocycles. The average Bonchev–Trinajstić information content (AvgIpc) is 3.01. The highest BCUT2D eigenvalue weighted by molar-refractivity contribution is 6.42. The van der Waals surface area contributed by atoms with Crippen molar-refractivity contribution >= 4 is 23.2 Å². The van der Waals surface area contributed by atoms with Gasteiger partial charge in [0.25, 0.3) is 0 Å². The lowest BCUT2D eigenvalue weighted by Crippen LogP contribution is -2.29. The molecule has 0 aliphatic carbocycles. The average molecular weight is 454 g/mol. The van der Waals surface area contributed by atoms with Crippen molar-refractivity contribution in [3.05, 3.63) is 68.4 Å².